The summed E-state index contributed by atoms with van der Waals surface area (Å²) in [5, 5.41) is 0. The molecular formula is C8H11BrS2. The van der Waals surface area contributed by atoms with Gasteiger partial charge in [0.2, 0.25) is 0 Å². The van der Waals surface area contributed by atoms with Crippen LogP contribution in [-0.4, -0.2) is 12.5 Å². The van der Waals surface area contributed by atoms with E-state index in [1.807, 2.05) is 16.9 Å². The van der Waals surface area contributed by atoms with E-state index < -0.39 is 7.49 Å². The van der Waals surface area contributed by atoms with Gasteiger partial charge in [-0.2, -0.15) is 0 Å². The minimum Gasteiger partial charge on any atom is -0.135 e. The second-order valence-electron chi connectivity index (χ2n) is 2.51. The molecule has 0 aliphatic rings. The summed E-state index contributed by atoms with van der Waals surface area (Å²) in [6, 6.07) is 10.5. The van der Waals surface area contributed by atoms with Gasteiger partial charge in [-0.05, 0) is 39.5 Å². The van der Waals surface area contributed by atoms with Gasteiger partial charge in [0, 0.05) is 4.90 Å². The fraction of sp³-hybridized carbons (Fsp3) is 0.250. The van der Waals surface area contributed by atoms with Crippen molar-refractivity contribution >= 4 is 33.1 Å². The Morgan fingerprint density at radius 2 is 1.73 bits per heavy atom. The van der Waals surface area contributed by atoms with Crippen LogP contribution in [0.4, 0.5) is 0 Å². The Kier molecular flexibility index (Phi) is 3.34. The summed E-state index contributed by atoms with van der Waals surface area (Å²) in [7, 11) is 1.25. The van der Waals surface area contributed by atoms with E-state index in [-0.39, 0.29) is 0 Å². The highest BCUT2D eigenvalue weighted by Crippen LogP contribution is 2.63. The third-order valence-electron chi connectivity index (χ3n) is 1.04. The lowest BCUT2D eigenvalue weighted by Gasteiger charge is -2.20. The predicted octanol–water partition coefficient (Wildman–Crippen LogP) is 4.07. The summed E-state index contributed by atoms with van der Waals surface area (Å²) in [6.45, 7) is 0. The highest BCUT2D eigenvalue weighted by atomic mass is 79.9. The topological polar surface area (TPSA) is 0 Å². The number of rotatable bonds is 2. The van der Waals surface area contributed by atoms with Crippen LogP contribution >= 0.6 is 33.1 Å². The van der Waals surface area contributed by atoms with E-state index in [4.69, 9.17) is 0 Å². The molecule has 1 rings (SSSR count). The molecule has 0 saturated carbocycles. The average molecular weight is 251 g/mol. The molecule has 0 atom stereocenters. The zero-order valence-electron chi connectivity index (χ0n) is 6.58. The molecule has 0 spiro atoms. The standard InChI is InChI=1S/C8H11BrS2/c1-11(2,9)10-8-6-4-3-5-7-8/h3-7H,1-2H3. The normalized spacial score (nSPS) is 13.0. The van der Waals surface area contributed by atoms with Crippen LogP contribution in [0.15, 0.2) is 35.2 Å². The van der Waals surface area contributed by atoms with Crippen molar-refractivity contribution in [2.45, 2.75) is 4.90 Å². The molecule has 1 aromatic rings. The van der Waals surface area contributed by atoms with Crippen LogP contribution in [0.25, 0.3) is 0 Å². The van der Waals surface area contributed by atoms with Gasteiger partial charge in [-0.1, -0.05) is 29.0 Å². The van der Waals surface area contributed by atoms with Gasteiger partial charge in [-0.15, -0.1) is 7.49 Å². The molecule has 0 unspecified atom stereocenters. The Bertz CT molecular complexity index is 215. The van der Waals surface area contributed by atoms with Crippen molar-refractivity contribution in [3.63, 3.8) is 0 Å². The molecule has 11 heavy (non-hydrogen) atoms. The monoisotopic (exact) mass is 250 g/mol. The van der Waals surface area contributed by atoms with Gasteiger partial charge in [0.05, 0.1) is 0 Å². The maximum absolute atomic E-state index is 3.66. The number of benzene rings is 1. The van der Waals surface area contributed by atoms with Gasteiger partial charge in [0.1, 0.15) is 0 Å². The summed E-state index contributed by atoms with van der Waals surface area (Å²) in [5.74, 6) is 0. The average Bonchev–Trinajstić information content (AvgIpc) is 1.85. The van der Waals surface area contributed by atoms with E-state index in [1.165, 1.54) is 4.90 Å². The molecule has 0 aromatic heterocycles. The van der Waals surface area contributed by atoms with Crippen LogP contribution in [0.5, 0.6) is 0 Å². The maximum Gasteiger partial charge on any atom is 0.0175 e. The quantitative estimate of drug-likeness (QED) is 0.714. The van der Waals surface area contributed by atoms with Gasteiger partial charge >= 0.3 is 0 Å². The Hall–Kier alpha value is 0.400. The predicted molar refractivity (Wildman–Crippen MR) is 60.7 cm³/mol. The second-order valence-corrected chi connectivity index (χ2v) is 14.5. The van der Waals surface area contributed by atoms with Gasteiger partial charge in [0.15, 0.2) is 0 Å². The SMILES string of the molecule is CS(C)(Br)Sc1ccccc1. The highest BCUT2D eigenvalue weighted by molar-refractivity contribution is 9.70. The lowest BCUT2D eigenvalue weighted by molar-refractivity contribution is 1.48. The fourth-order valence-electron chi connectivity index (χ4n) is 0.705. The molecule has 0 nitrogen and oxygen atoms in total. The lowest BCUT2D eigenvalue weighted by Crippen LogP contribution is -1.75. The Morgan fingerprint density at radius 1 is 1.18 bits per heavy atom. The van der Waals surface area contributed by atoms with Gasteiger partial charge in [0.25, 0.3) is 0 Å². The van der Waals surface area contributed by atoms with Crippen LogP contribution in [0.1, 0.15) is 0 Å². The molecular weight excluding hydrogens is 240 g/mol. The summed E-state index contributed by atoms with van der Waals surface area (Å²) >= 11 is 3.66. The first kappa shape index (κ1) is 9.49. The molecule has 0 aliphatic heterocycles. The van der Waals surface area contributed by atoms with Crippen LogP contribution in [-0.2, 0) is 0 Å². The van der Waals surface area contributed by atoms with E-state index in [2.05, 4.69) is 51.6 Å². The lowest BCUT2D eigenvalue weighted by atomic mass is 10.4. The minimum absolute atomic E-state index is 0.648. The fourth-order valence-corrected chi connectivity index (χ4v) is 4.51. The Labute approximate surface area is 80.7 Å². The largest absolute Gasteiger partial charge is 0.135 e. The molecule has 0 fully saturated rings. The highest BCUT2D eigenvalue weighted by Gasteiger charge is 2.07. The molecule has 0 amide bonds. The van der Waals surface area contributed by atoms with E-state index in [1.54, 1.807) is 0 Å². The zero-order valence-corrected chi connectivity index (χ0v) is 9.80. The van der Waals surface area contributed by atoms with Crippen molar-refractivity contribution in [2.24, 2.45) is 0 Å². The first-order chi connectivity index (χ1) is 5.08. The molecule has 1 aromatic carbocycles. The zero-order chi connectivity index (χ0) is 8.32. The first-order valence-corrected chi connectivity index (χ1v) is 8.88. The molecule has 0 aliphatic carbocycles. The first-order valence-electron chi connectivity index (χ1n) is 3.25. The van der Waals surface area contributed by atoms with Crippen molar-refractivity contribution in [2.75, 3.05) is 12.5 Å². The summed E-state index contributed by atoms with van der Waals surface area (Å²) < 4.78 is 0. The molecule has 0 heterocycles. The van der Waals surface area contributed by atoms with Gasteiger partial charge in [-0.25, -0.2) is 0 Å². The van der Waals surface area contributed by atoms with Gasteiger partial charge < -0.3 is 0 Å². The van der Waals surface area contributed by atoms with Crippen molar-refractivity contribution in [1.29, 1.82) is 0 Å². The summed E-state index contributed by atoms with van der Waals surface area (Å²) in [4.78, 5) is 1.34. The van der Waals surface area contributed by atoms with E-state index in [9.17, 15) is 0 Å². The smallest absolute Gasteiger partial charge is 0.0175 e. The van der Waals surface area contributed by atoms with Crippen LogP contribution in [0.2, 0.25) is 0 Å². The molecule has 3 heteroatoms. The third-order valence-corrected chi connectivity index (χ3v) is 4.85. The second kappa shape index (κ2) is 3.87. The number of hydrogen-bond acceptors (Lipinski definition) is 1. The van der Waals surface area contributed by atoms with Crippen molar-refractivity contribution < 1.29 is 0 Å². The van der Waals surface area contributed by atoms with Crippen LogP contribution in [0.3, 0.4) is 0 Å². The number of halogens is 1. The Morgan fingerprint density at radius 3 is 2.18 bits per heavy atom. The maximum atomic E-state index is 3.66. The van der Waals surface area contributed by atoms with Gasteiger partial charge in [-0.3, -0.25) is 0 Å². The van der Waals surface area contributed by atoms with Crippen LogP contribution in [0, 0.1) is 0 Å². The van der Waals surface area contributed by atoms with Crippen molar-refractivity contribution in [3.8, 4) is 0 Å². The van der Waals surface area contributed by atoms with E-state index in [0.29, 0.717) is 0 Å². The van der Waals surface area contributed by atoms with Crippen LogP contribution < -0.4 is 0 Å². The van der Waals surface area contributed by atoms with Crippen molar-refractivity contribution in [3.05, 3.63) is 30.3 Å². The third kappa shape index (κ3) is 4.09. The molecule has 0 bridgehead atoms. The summed E-state index contributed by atoms with van der Waals surface area (Å²) in [5.41, 5.74) is 0. The Balaban J connectivity index is 2.66. The summed E-state index contributed by atoms with van der Waals surface area (Å²) in [6.07, 6.45) is 4.45. The molecule has 0 saturated heterocycles. The van der Waals surface area contributed by atoms with E-state index >= 15 is 0 Å². The minimum atomic E-state index is -0.648. The molecule has 62 valence electrons. The molecule has 0 N–H and O–H groups in total. The van der Waals surface area contributed by atoms with E-state index in [0.717, 1.165) is 0 Å². The number of hydrogen-bond donors (Lipinski definition) is 0. The van der Waals surface area contributed by atoms with Crippen molar-refractivity contribution in [1.82, 2.24) is 0 Å². The molecule has 0 radical (unpaired) electrons.